The average molecular weight is 176 g/mol. The second kappa shape index (κ2) is 2.60. The maximum Gasteiger partial charge on any atom is 0.104 e. The SMILES string of the molecule is NC(=S)c1ccc2cc[nH]c2c1. The van der Waals surface area contributed by atoms with Crippen LogP contribution in [0, 0.1) is 0 Å². The molecule has 0 aliphatic rings. The predicted molar refractivity (Wildman–Crippen MR) is 54.2 cm³/mol. The Morgan fingerprint density at radius 1 is 1.33 bits per heavy atom. The lowest BCUT2D eigenvalue weighted by Crippen LogP contribution is -2.08. The van der Waals surface area contributed by atoms with E-state index >= 15 is 0 Å². The van der Waals surface area contributed by atoms with E-state index in [0.29, 0.717) is 4.99 Å². The van der Waals surface area contributed by atoms with Crippen LogP contribution in [-0.4, -0.2) is 9.97 Å². The monoisotopic (exact) mass is 176 g/mol. The third-order valence-corrected chi connectivity index (χ3v) is 2.08. The van der Waals surface area contributed by atoms with Gasteiger partial charge in [0.2, 0.25) is 0 Å². The number of H-pyrrole nitrogens is 1. The Morgan fingerprint density at radius 3 is 2.92 bits per heavy atom. The van der Waals surface area contributed by atoms with Crippen LogP contribution >= 0.6 is 12.2 Å². The molecule has 12 heavy (non-hydrogen) atoms. The summed E-state index contributed by atoms with van der Waals surface area (Å²) in [5.41, 5.74) is 7.46. The summed E-state index contributed by atoms with van der Waals surface area (Å²) in [7, 11) is 0. The maximum atomic E-state index is 5.49. The molecular weight excluding hydrogens is 168 g/mol. The Balaban J connectivity index is 2.68. The number of thiocarbonyl (C=S) groups is 1. The van der Waals surface area contributed by atoms with Crippen LogP contribution in [0.4, 0.5) is 0 Å². The average Bonchev–Trinajstić information content (AvgIpc) is 2.49. The smallest absolute Gasteiger partial charge is 0.104 e. The van der Waals surface area contributed by atoms with Gasteiger partial charge in [-0.15, -0.1) is 0 Å². The zero-order valence-electron chi connectivity index (χ0n) is 6.37. The molecular formula is C9H8N2S. The Kier molecular flexibility index (Phi) is 1.59. The molecule has 0 saturated heterocycles. The predicted octanol–water partition coefficient (Wildman–Crippen LogP) is 1.80. The van der Waals surface area contributed by atoms with Gasteiger partial charge in [-0.25, -0.2) is 0 Å². The van der Waals surface area contributed by atoms with Crippen LogP contribution in [0.25, 0.3) is 10.9 Å². The first-order valence-corrected chi connectivity index (χ1v) is 4.05. The highest BCUT2D eigenvalue weighted by molar-refractivity contribution is 7.80. The summed E-state index contributed by atoms with van der Waals surface area (Å²) in [6, 6.07) is 7.90. The van der Waals surface area contributed by atoms with E-state index in [4.69, 9.17) is 18.0 Å². The van der Waals surface area contributed by atoms with Crippen molar-refractivity contribution >= 4 is 28.1 Å². The van der Waals surface area contributed by atoms with Crippen molar-refractivity contribution in [3.8, 4) is 0 Å². The number of hydrogen-bond donors (Lipinski definition) is 2. The van der Waals surface area contributed by atoms with Crippen LogP contribution in [0.5, 0.6) is 0 Å². The lowest BCUT2D eigenvalue weighted by molar-refractivity contribution is 1.47. The topological polar surface area (TPSA) is 41.8 Å². The number of aromatic nitrogens is 1. The van der Waals surface area contributed by atoms with E-state index < -0.39 is 0 Å². The van der Waals surface area contributed by atoms with Gasteiger partial charge in [-0.05, 0) is 17.5 Å². The minimum Gasteiger partial charge on any atom is -0.389 e. The number of fused-ring (bicyclic) bond motifs is 1. The van der Waals surface area contributed by atoms with Gasteiger partial charge in [-0.1, -0.05) is 24.4 Å². The summed E-state index contributed by atoms with van der Waals surface area (Å²) in [6.45, 7) is 0. The van der Waals surface area contributed by atoms with Crippen molar-refractivity contribution in [2.45, 2.75) is 0 Å². The van der Waals surface area contributed by atoms with Crippen molar-refractivity contribution in [2.75, 3.05) is 0 Å². The van der Waals surface area contributed by atoms with Gasteiger partial charge in [0, 0.05) is 17.3 Å². The van der Waals surface area contributed by atoms with Gasteiger partial charge in [-0.3, -0.25) is 0 Å². The number of aromatic amines is 1. The molecule has 0 spiro atoms. The second-order valence-electron chi connectivity index (χ2n) is 2.64. The third kappa shape index (κ3) is 1.08. The summed E-state index contributed by atoms with van der Waals surface area (Å²) in [5.74, 6) is 0. The fourth-order valence-electron chi connectivity index (χ4n) is 1.20. The Labute approximate surface area is 75.4 Å². The lowest BCUT2D eigenvalue weighted by atomic mass is 10.2. The van der Waals surface area contributed by atoms with Gasteiger partial charge in [0.25, 0.3) is 0 Å². The van der Waals surface area contributed by atoms with Crippen LogP contribution < -0.4 is 5.73 Å². The van der Waals surface area contributed by atoms with Crippen molar-refractivity contribution in [2.24, 2.45) is 5.73 Å². The summed E-state index contributed by atoms with van der Waals surface area (Å²) in [6.07, 6.45) is 1.90. The van der Waals surface area contributed by atoms with Crippen molar-refractivity contribution < 1.29 is 0 Å². The summed E-state index contributed by atoms with van der Waals surface area (Å²) >= 11 is 4.86. The minimum atomic E-state index is 0.437. The summed E-state index contributed by atoms with van der Waals surface area (Å²) < 4.78 is 0. The largest absolute Gasteiger partial charge is 0.389 e. The molecule has 0 aliphatic heterocycles. The highest BCUT2D eigenvalue weighted by atomic mass is 32.1. The Bertz CT molecular complexity index is 431. The fourth-order valence-corrected chi connectivity index (χ4v) is 1.33. The number of benzene rings is 1. The van der Waals surface area contributed by atoms with E-state index in [0.717, 1.165) is 11.1 Å². The molecule has 0 radical (unpaired) electrons. The zero-order valence-corrected chi connectivity index (χ0v) is 7.19. The van der Waals surface area contributed by atoms with Crippen LogP contribution in [-0.2, 0) is 0 Å². The van der Waals surface area contributed by atoms with E-state index in [9.17, 15) is 0 Å². The van der Waals surface area contributed by atoms with E-state index in [1.165, 1.54) is 5.39 Å². The van der Waals surface area contributed by atoms with Gasteiger partial charge in [0.15, 0.2) is 0 Å². The van der Waals surface area contributed by atoms with E-state index in [-0.39, 0.29) is 0 Å². The van der Waals surface area contributed by atoms with E-state index in [1.807, 2.05) is 30.5 Å². The molecule has 0 bridgehead atoms. The number of nitrogens with one attached hydrogen (secondary N) is 1. The van der Waals surface area contributed by atoms with Gasteiger partial charge in [0.1, 0.15) is 4.99 Å². The van der Waals surface area contributed by atoms with Crippen molar-refractivity contribution in [3.05, 3.63) is 36.0 Å². The van der Waals surface area contributed by atoms with Gasteiger partial charge >= 0.3 is 0 Å². The molecule has 0 aliphatic carbocycles. The van der Waals surface area contributed by atoms with Gasteiger partial charge in [0.05, 0.1) is 0 Å². The standard InChI is InChI=1S/C9H8N2S/c10-9(12)7-2-1-6-3-4-11-8(6)5-7/h1-5,11H,(H2,10,12). The molecule has 2 aromatic rings. The van der Waals surface area contributed by atoms with Crippen LogP contribution in [0.1, 0.15) is 5.56 Å². The normalized spacial score (nSPS) is 10.3. The molecule has 3 N–H and O–H groups in total. The highest BCUT2D eigenvalue weighted by Gasteiger charge is 1.98. The van der Waals surface area contributed by atoms with Crippen LogP contribution in [0.15, 0.2) is 30.5 Å². The second-order valence-corrected chi connectivity index (χ2v) is 3.08. The molecule has 3 heteroatoms. The molecule has 0 unspecified atom stereocenters. The molecule has 0 amide bonds. The Hall–Kier alpha value is -1.35. The molecule has 1 aromatic heterocycles. The third-order valence-electron chi connectivity index (χ3n) is 1.84. The van der Waals surface area contributed by atoms with Crippen molar-refractivity contribution in [1.29, 1.82) is 0 Å². The van der Waals surface area contributed by atoms with E-state index in [1.54, 1.807) is 0 Å². The first-order valence-electron chi connectivity index (χ1n) is 3.64. The molecule has 0 saturated carbocycles. The number of rotatable bonds is 1. The molecule has 0 atom stereocenters. The molecule has 1 heterocycles. The van der Waals surface area contributed by atoms with Crippen molar-refractivity contribution in [1.82, 2.24) is 4.98 Å². The molecule has 60 valence electrons. The van der Waals surface area contributed by atoms with Gasteiger partial charge in [-0.2, -0.15) is 0 Å². The summed E-state index contributed by atoms with van der Waals surface area (Å²) in [5, 5.41) is 1.18. The van der Waals surface area contributed by atoms with Crippen LogP contribution in [0.3, 0.4) is 0 Å². The number of nitrogens with two attached hydrogens (primary N) is 1. The zero-order chi connectivity index (χ0) is 8.55. The lowest BCUT2D eigenvalue weighted by Gasteiger charge is -1.96. The quantitative estimate of drug-likeness (QED) is 0.650. The van der Waals surface area contributed by atoms with Crippen molar-refractivity contribution in [3.63, 3.8) is 0 Å². The molecule has 2 nitrogen and oxygen atoms in total. The first-order chi connectivity index (χ1) is 5.77. The van der Waals surface area contributed by atoms with Crippen LogP contribution in [0.2, 0.25) is 0 Å². The first kappa shape index (κ1) is 7.31. The highest BCUT2D eigenvalue weighted by Crippen LogP contribution is 2.13. The van der Waals surface area contributed by atoms with Gasteiger partial charge < -0.3 is 10.7 Å². The molecule has 1 aromatic carbocycles. The fraction of sp³-hybridized carbons (Fsp3) is 0. The minimum absolute atomic E-state index is 0.437. The molecule has 2 rings (SSSR count). The maximum absolute atomic E-state index is 5.49. The van der Waals surface area contributed by atoms with E-state index in [2.05, 4.69) is 4.98 Å². The summed E-state index contributed by atoms with van der Waals surface area (Å²) in [4.78, 5) is 3.54. The number of hydrogen-bond acceptors (Lipinski definition) is 1. The Morgan fingerprint density at radius 2 is 2.17 bits per heavy atom. The molecule has 0 fully saturated rings.